The van der Waals surface area contributed by atoms with Gasteiger partial charge in [-0.2, -0.15) is 5.26 Å². The second-order valence-corrected chi connectivity index (χ2v) is 8.40. The maximum Gasteiger partial charge on any atom is 0.133 e. The lowest BCUT2D eigenvalue weighted by atomic mass is 9.91. The van der Waals surface area contributed by atoms with Gasteiger partial charge in [0.1, 0.15) is 11.6 Å². The van der Waals surface area contributed by atoms with Crippen LogP contribution in [0.2, 0.25) is 0 Å². The number of benzene rings is 2. The minimum atomic E-state index is -1.03. The fourth-order valence-electron chi connectivity index (χ4n) is 3.98. The van der Waals surface area contributed by atoms with Crippen molar-refractivity contribution in [1.29, 1.82) is 5.26 Å². The zero-order chi connectivity index (χ0) is 21.9. The molecule has 0 radical (unpaired) electrons. The molecule has 1 aliphatic rings. The largest absolute Gasteiger partial charge is 0.385 e. The molecule has 0 bridgehead atoms. The first-order chi connectivity index (χ1) is 14.2. The summed E-state index contributed by atoms with van der Waals surface area (Å²) in [6, 6.07) is 16.1. The zero-order valence-electron chi connectivity index (χ0n) is 18.1. The summed E-state index contributed by atoms with van der Waals surface area (Å²) in [7, 11) is 0. The van der Waals surface area contributed by atoms with Gasteiger partial charge in [0.2, 0.25) is 0 Å². The first kappa shape index (κ1) is 21.7. The number of rotatable bonds is 4. The molecule has 1 aromatic heterocycles. The SMILES string of the molecule is CC(=O)C[C@@](C)(O)c1ccccc1.Cc1cc2nc(C)n(C3CCC3)c2cc1C#N. The Morgan fingerprint density at radius 1 is 1.27 bits per heavy atom. The Balaban J connectivity index is 0.000000178. The topological polar surface area (TPSA) is 78.9 Å². The predicted molar refractivity (Wildman–Crippen MR) is 118 cm³/mol. The number of aryl methyl sites for hydroxylation is 2. The summed E-state index contributed by atoms with van der Waals surface area (Å²) in [5.41, 5.74) is 3.66. The zero-order valence-corrected chi connectivity index (χ0v) is 18.1. The average molecular weight is 404 g/mol. The van der Waals surface area contributed by atoms with E-state index in [4.69, 9.17) is 5.26 Å². The number of aromatic nitrogens is 2. The highest BCUT2D eigenvalue weighted by molar-refractivity contribution is 5.79. The number of nitrogens with zero attached hydrogens (tertiary/aromatic N) is 3. The summed E-state index contributed by atoms with van der Waals surface area (Å²) in [6.07, 6.45) is 3.95. The van der Waals surface area contributed by atoms with Crippen molar-refractivity contribution in [1.82, 2.24) is 9.55 Å². The van der Waals surface area contributed by atoms with E-state index in [2.05, 4.69) is 22.5 Å². The third kappa shape index (κ3) is 4.60. The summed E-state index contributed by atoms with van der Waals surface area (Å²) >= 11 is 0. The molecule has 1 fully saturated rings. The molecule has 156 valence electrons. The minimum absolute atomic E-state index is 0.00569. The molecule has 1 N–H and O–H groups in total. The lowest BCUT2D eigenvalue weighted by Crippen LogP contribution is -2.23. The monoisotopic (exact) mass is 403 g/mol. The van der Waals surface area contributed by atoms with Gasteiger partial charge in [-0.15, -0.1) is 0 Å². The molecular weight excluding hydrogens is 374 g/mol. The Labute approximate surface area is 178 Å². The molecule has 2 aromatic carbocycles. The summed E-state index contributed by atoms with van der Waals surface area (Å²) in [6.45, 7) is 7.16. The van der Waals surface area contributed by atoms with Gasteiger partial charge in [0.25, 0.3) is 0 Å². The van der Waals surface area contributed by atoms with Crippen LogP contribution >= 0.6 is 0 Å². The number of carbonyl (C=O) groups excluding carboxylic acids is 1. The number of imidazole rings is 1. The maximum absolute atomic E-state index is 10.9. The fraction of sp³-hybridized carbons (Fsp3) is 0.400. The number of aliphatic hydroxyl groups is 1. The maximum atomic E-state index is 10.9. The highest BCUT2D eigenvalue weighted by Gasteiger charge is 2.24. The Hall–Kier alpha value is -2.97. The van der Waals surface area contributed by atoms with Crippen molar-refractivity contribution in [2.45, 2.75) is 65.0 Å². The molecule has 0 saturated heterocycles. The molecule has 0 spiro atoms. The van der Waals surface area contributed by atoms with E-state index in [0.717, 1.165) is 33.5 Å². The molecule has 5 heteroatoms. The van der Waals surface area contributed by atoms with Crippen LogP contribution in [0.1, 0.15) is 68.1 Å². The molecule has 30 heavy (non-hydrogen) atoms. The van der Waals surface area contributed by atoms with E-state index < -0.39 is 5.60 Å². The van der Waals surface area contributed by atoms with E-state index in [1.807, 2.05) is 49.4 Å². The van der Waals surface area contributed by atoms with Crippen LogP contribution in [0.25, 0.3) is 11.0 Å². The van der Waals surface area contributed by atoms with E-state index in [-0.39, 0.29) is 12.2 Å². The van der Waals surface area contributed by atoms with Crippen molar-refractivity contribution in [3.63, 3.8) is 0 Å². The third-order valence-electron chi connectivity index (χ3n) is 5.76. The van der Waals surface area contributed by atoms with Crippen LogP contribution in [0.5, 0.6) is 0 Å². The van der Waals surface area contributed by atoms with Crippen LogP contribution in [0, 0.1) is 25.2 Å². The lowest BCUT2D eigenvalue weighted by molar-refractivity contribution is -0.121. The Kier molecular flexibility index (Phi) is 6.38. The first-order valence-electron chi connectivity index (χ1n) is 10.4. The van der Waals surface area contributed by atoms with E-state index in [1.165, 1.54) is 26.2 Å². The first-order valence-corrected chi connectivity index (χ1v) is 10.4. The second-order valence-electron chi connectivity index (χ2n) is 8.40. The lowest BCUT2D eigenvalue weighted by Gasteiger charge is -2.28. The molecular formula is C25H29N3O2. The molecule has 1 saturated carbocycles. The molecule has 5 nitrogen and oxygen atoms in total. The van der Waals surface area contributed by atoms with Crippen LogP contribution in [0.3, 0.4) is 0 Å². The van der Waals surface area contributed by atoms with Gasteiger partial charge in [-0.25, -0.2) is 4.98 Å². The quantitative estimate of drug-likeness (QED) is 0.655. The Morgan fingerprint density at radius 2 is 1.93 bits per heavy atom. The summed E-state index contributed by atoms with van der Waals surface area (Å²) in [4.78, 5) is 15.5. The number of nitriles is 1. The molecule has 0 unspecified atom stereocenters. The number of Topliss-reactive ketones (excluding diaryl/α,β-unsaturated/α-hetero) is 1. The van der Waals surface area contributed by atoms with E-state index >= 15 is 0 Å². The van der Waals surface area contributed by atoms with Crippen molar-refractivity contribution in [2.75, 3.05) is 0 Å². The number of hydrogen-bond acceptors (Lipinski definition) is 4. The van der Waals surface area contributed by atoms with Gasteiger partial charge in [0.05, 0.1) is 28.3 Å². The number of ketones is 1. The standard InChI is InChI=1S/C14H15N3.C11H14O2/c1-9-6-13-14(7-11(9)8-15)17(10(2)16-13)12-4-3-5-12;1-9(12)8-11(2,13)10-6-4-3-5-7-10/h6-7,12H,3-5H2,1-2H3;3-7,13H,8H2,1-2H3/t;11-/m.1/s1. The number of hydrogen-bond donors (Lipinski definition) is 1. The molecule has 3 aromatic rings. The second kappa shape index (κ2) is 8.81. The molecule has 1 aliphatic carbocycles. The summed E-state index contributed by atoms with van der Waals surface area (Å²) in [5, 5.41) is 19.0. The molecule has 4 rings (SSSR count). The van der Waals surface area contributed by atoms with Crippen molar-refractivity contribution >= 4 is 16.8 Å². The van der Waals surface area contributed by atoms with Gasteiger partial charge in [-0.05, 0) is 70.2 Å². The predicted octanol–water partition coefficient (Wildman–Crippen LogP) is 5.12. The highest BCUT2D eigenvalue weighted by Crippen LogP contribution is 2.35. The van der Waals surface area contributed by atoms with Gasteiger partial charge >= 0.3 is 0 Å². The van der Waals surface area contributed by atoms with Crippen LogP contribution < -0.4 is 0 Å². The van der Waals surface area contributed by atoms with Gasteiger partial charge in [-0.3, -0.25) is 4.79 Å². The smallest absolute Gasteiger partial charge is 0.133 e. The van der Waals surface area contributed by atoms with Crippen LogP contribution in [-0.4, -0.2) is 20.4 Å². The van der Waals surface area contributed by atoms with Crippen molar-refractivity contribution < 1.29 is 9.90 Å². The molecule has 0 amide bonds. The fourth-order valence-corrected chi connectivity index (χ4v) is 3.98. The average Bonchev–Trinajstić information content (AvgIpc) is 2.95. The Bertz CT molecular complexity index is 1090. The number of fused-ring (bicyclic) bond motifs is 1. The van der Waals surface area contributed by atoms with Crippen molar-refractivity contribution in [3.05, 3.63) is 65.0 Å². The van der Waals surface area contributed by atoms with Gasteiger partial charge in [-0.1, -0.05) is 30.3 Å². The van der Waals surface area contributed by atoms with Crippen molar-refractivity contribution in [2.24, 2.45) is 0 Å². The van der Waals surface area contributed by atoms with Crippen molar-refractivity contribution in [3.8, 4) is 6.07 Å². The molecule has 1 atom stereocenters. The molecule has 0 aliphatic heterocycles. The highest BCUT2D eigenvalue weighted by atomic mass is 16.3. The van der Waals surface area contributed by atoms with Gasteiger partial charge < -0.3 is 9.67 Å². The van der Waals surface area contributed by atoms with E-state index in [9.17, 15) is 9.90 Å². The third-order valence-corrected chi connectivity index (χ3v) is 5.76. The Morgan fingerprint density at radius 3 is 2.47 bits per heavy atom. The van der Waals surface area contributed by atoms with Crippen LogP contribution in [0.4, 0.5) is 0 Å². The summed E-state index contributed by atoms with van der Waals surface area (Å²) in [5.74, 6) is 1.06. The normalized spacial score (nSPS) is 15.5. The summed E-state index contributed by atoms with van der Waals surface area (Å²) < 4.78 is 2.30. The van der Waals surface area contributed by atoms with E-state index in [1.54, 1.807) is 6.92 Å². The minimum Gasteiger partial charge on any atom is -0.385 e. The van der Waals surface area contributed by atoms with Crippen LogP contribution in [0.15, 0.2) is 42.5 Å². The number of carbonyl (C=O) groups is 1. The van der Waals surface area contributed by atoms with Gasteiger partial charge in [0, 0.05) is 12.5 Å². The van der Waals surface area contributed by atoms with E-state index in [0.29, 0.717) is 6.04 Å². The molecule has 1 heterocycles. The van der Waals surface area contributed by atoms with Crippen LogP contribution in [-0.2, 0) is 10.4 Å². The van der Waals surface area contributed by atoms with Gasteiger partial charge in [0.15, 0.2) is 0 Å².